The second-order valence-electron chi connectivity index (χ2n) is 3.40. The molecule has 4 N–H and O–H groups in total. The molecule has 1 aromatic rings. The zero-order valence-corrected chi connectivity index (χ0v) is 8.73. The minimum absolute atomic E-state index is 0.0505. The number of nitrogens with one attached hydrogen (secondary N) is 1. The van der Waals surface area contributed by atoms with Crippen LogP contribution in [0.3, 0.4) is 0 Å². The summed E-state index contributed by atoms with van der Waals surface area (Å²) in [7, 11) is 0. The fraction of sp³-hybridized carbons (Fsp3) is 0.364. The topological polar surface area (TPSA) is 75.4 Å². The number of carbonyl (C=O) groups excluding carboxylic acids is 1. The first-order valence-corrected chi connectivity index (χ1v) is 4.99. The minimum Gasteiger partial charge on any atom is -0.506 e. The van der Waals surface area contributed by atoms with Crippen LogP contribution in [0.15, 0.2) is 24.3 Å². The number of phenolic OH excluding ortho intramolecular Hbond substituents is 1. The Hall–Kier alpha value is -1.55. The Balaban J connectivity index is 2.62. The molecule has 0 saturated carbocycles. The lowest BCUT2D eigenvalue weighted by molar-refractivity contribution is -0.117. The van der Waals surface area contributed by atoms with E-state index >= 15 is 0 Å². The van der Waals surface area contributed by atoms with Crippen molar-refractivity contribution in [3.63, 3.8) is 0 Å². The molecule has 0 bridgehead atoms. The molecule has 0 spiro atoms. The molecule has 15 heavy (non-hydrogen) atoms. The normalized spacial score (nSPS) is 12.1. The van der Waals surface area contributed by atoms with Crippen molar-refractivity contribution in [3.05, 3.63) is 24.3 Å². The molecule has 1 aromatic carbocycles. The lowest BCUT2D eigenvalue weighted by Gasteiger charge is -2.11. The summed E-state index contributed by atoms with van der Waals surface area (Å²) < 4.78 is 0. The van der Waals surface area contributed by atoms with Gasteiger partial charge in [-0.15, -0.1) is 0 Å². The number of hydrogen-bond donors (Lipinski definition) is 3. The Morgan fingerprint density at radius 2 is 2.20 bits per heavy atom. The summed E-state index contributed by atoms with van der Waals surface area (Å²) in [6.45, 7) is 1.97. The highest BCUT2D eigenvalue weighted by Gasteiger charge is 2.13. The number of anilines is 1. The van der Waals surface area contributed by atoms with Gasteiger partial charge in [-0.05, 0) is 18.6 Å². The number of carbonyl (C=O) groups is 1. The molecule has 0 saturated heterocycles. The van der Waals surface area contributed by atoms with Crippen molar-refractivity contribution >= 4 is 11.6 Å². The Bertz CT molecular complexity index is 339. The third kappa shape index (κ3) is 3.25. The number of phenols is 1. The van der Waals surface area contributed by atoms with Crippen LogP contribution in [0.5, 0.6) is 5.75 Å². The van der Waals surface area contributed by atoms with E-state index in [1.54, 1.807) is 18.2 Å². The van der Waals surface area contributed by atoms with Crippen LogP contribution < -0.4 is 11.1 Å². The Labute approximate surface area is 89.1 Å². The minimum atomic E-state index is -0.519. The highest BCUT2D eigenvalue weighted by atomic mass is 16.3. The van der Waals surface area contributed by atoms with Gasteiger partial charge in [-0.2, -0.15) is 0 Å². The second-order valence-corrected chi connectivity index (χ2v) is 3.40. The van der Waals surface area contributed by atoms with E-state index in [0.29, 0.717) is 12.1 Å². The van der Waals surface area contributed by atoms with Gasteiger partial charge in [-0.25, -0.2) is 0 Å². The predicted octanol–water partition coefficient (Wildman–Crippen LogP) is 1.46. The van der Waals surface area contributed by atoms with E-state index in [2.05, 4.69) is 5.32 Å². The number of hydrogen-bond acceptors (Lipinski definition) is 3. The maximum absolute atomic E-state index is 11.5. The summed E-state index contributed by atoms with van der Waals surface area (Å²) in [5.41, 5.74) is 6.03. The van der Waals surface area contributed by atoms with Crippen LogP contribution in [0.1, 0.15) is 19.8 Å². The molecule has 0 aliphatic rings. The van der Waals surface area contributed by atoms with Gasteiger partial charge < -0.3 is 16.2 Å². The molecule has 4 heteroatoms. The molecule has 0 aromatic heterocycles. The highest BCUT2D eigenvalue weighted by Crippen LogP contribution is 2.21. The maximum Gasteiger partial charge on any atom is 0.241 e. The standard InChI is InChI=1S/C11H16N2O2/c1-2-5-8(12)11(15)13-9-6-3-4-7-10(9)14/h3-4,6-8,14H,2,5,12H2,1H3,(H,13,15)/t8-/m0/s1. The molecule has 0 aliphatic carbocycles. The van der Waals surface area contributed by atoms with Gasteiger partial charge in [0, 0.05) is 0 Å². The molecular formula is C11H16N2O2. The van der Waals surface area contributed by atoms with Gasteiger partial charge in [0.05, 0.1) is 11.7 Å². The predicted molar refractivity (Wildman–Crippen MR) is 59.6 cm³/mol. The highest BCUT2D eigenvalue weighted by molar-refractivity contribution is 5.95. The van der Waals surface area contributed by atoms with Gasteiger partial charge in [0.25, 0.3) is 0 Å². The number of benzene rings is 1. The summed E-state index contributed by atoms with van der Waals surface area (Å²) in [6.07, 6.45) is 1.49. The van der Waals surface area contributed by atoms with Gasteiger partial charge >= 0.3 is 0 Å². The molecule has 0 unspecified atom stereocenters. The average Bonchev–Trinajstić information content (AvgIpc) is 2.21. The number of para-hydroxylation sites is 2. The van der Waals surface area contributed by atoms with E-state index in [1.165, 1.54) is 6.07 Å². The van der Waals surface area contributed by atoms with Crippen molar-refractivity contribution in [1.82, 2.24) is 0 Å². The lowest BCUT2D eigenvalue weighted by Crippen LogP contribution is -2.35. The second kappa shape index (κ2) is 5.36. The van der Waals surface area contributed by atoms with E-state index < -0.39 is 6.04 Å². The van der Waals surface area contributed by atoms with E-state index in [4.69, 9.17) is 5.73 Å². The summed E-state index contributed by atoms with van der Waals surface area (Å²) in [5, 5.41) is 12.0. The van der Waals surface area contributed by atoms with Crippen molar-refractivity contribution in [3.8, 4) is 5.75 Å². The largest absolute Gasteiger partial charge is 0.506 e. The first kappa shape index (κ1) is 11.5. The summed E-state index contributed by atoms with van der Waals surface area (Å²) in [4.78, 5) is 11.5. The van der Waals surface area contributed by atoms with E-state index in [9.17, 15) is 9.90 Å². The lowest BCUT2D eigenvalue weighted by atomic mass is 10.1. The van der Waals surface area contributed by atoms with Crippen molar-refractivity contribution in [2.45, 2.75) is 25.8 Å². The Morgan fingerprint density at radius 1 is 1.53 bits per heavy atom. The van der Waals surface area contributed by atoms with E-state index in [0.717, 1.165) is 6.42 Å². The molecule has 1 atom stereocenters. The molecule has 0 aliphatic heterocycles. The van der Waals surface area contributed by atoms with Crippen LogP contribution in [-0.4, -0.2) is 17.1 Å². The molecule has 1 rings (SSSR count). The van der Waals surface area contributed by atoms with Crippen LogP contribution in [0.25, 0.3) is 0 Å². The van der Waals surface area contributed by atoms with E-state index in [1.807, 2.05) is 6.92 Å². The number of nitrogens with two attached hydrogens (primary N) is 1. The Kier molecular flexibility index (Phi) is 4.12. The van der Waals surface area contributed by atoms with E-state index in [-0.39, 0.29) is 11.7 Å². The fourth-order valence-electron chi connectivity index (χ4n) is 1.25. The monoisotopic (exact) mass is 208 g/mol. The molecule has 82 valence electrons. The SMILES string of the molecule is CCC[C@H](N)C(=O)Nc1ccccc1O. The maximum atomic E-state index is 11.5. The summed E-state index contributed by atoms with van der Waals surface area (Å²) in [5.74, 6) is -0.215. The third-order valence-electron chi connectivity index (χ3n) is 2.10. The molecule has 1 amide bonds. The van der Waals surface area contributed by atoms with Crippen LogP contribution in [0, 0.1) is 0 Å². The Morgan fingerprint density at radius 3 is 2.80 bits per heavy atom. The smallest absolute Gasteiger partial charge is 0.241 e. The van der Waals surface area contributed by atoms with Crippen LogP contribution in [-0.2, 0) is 4.79 Å². The van der Waals surface area contributed by atoms with Crippen LogP contribution in [0.2, 0.25) is 0 Å². The molecule has 0 fully saturated rings. The van der Waals surface area contributed by atoms with Crippen molar-refractivity contribution in [2.24, 2.45) is 5.73 Å². The van der Waals surface area contributed by atoms with Crippen LogP contribution in [0.4, 0.5) is 5.69 Å². The zero-order valence-electron chi connectivity index (χ0n) is 8.73. The summed E-state index contributed by atoms with van der Waals surface area (Å²) in [6, 6.07) is 6.06. The first-order valence-electron chi connectivity index (χ1n) is 4.99. The molecule has 4 nitrogen and oxygen atoms in total. The number of aromatic hydroxyl groups is 1. The number of amides is 1. The van der Waals surface area contributed by atoms with Crippen molar-refractivity contribution in [1.29, 1.82) is 0 Å². The van der Waals surface area contributed by atoms with Crippen molar-refractivity contribution < 1.29 is 9.90 Å². The van der Waals surface area contributed by atoms with Gasteiger partial charge in [-0.1, -0.05) is 25.5 Å². The number of rotatable bonds is 4. The first-order chi connectivity index (χ1) is 7.15. The van der Waals surface area contributed by atoms with Crippen LogP contribution >= 0.6 is 0 Å². The zero-order chi connectivity index (χ0) is 11.3. The van der Waals surface area contributed by atoms with Gasteiger partial charge in [0.15, 0.2) is 0 Å². The van der Waals surface area contributed by atoms with Gasteiger partial charge in [0.1, 0.15) is 5.75 Å². The summed E-state index contributed by atoms with van der Waals surface area (Å²) >= 11 is 0. The molecular weight excluding hydrogens is 192 g/mol. The quantitative estimate of drug-likeness (QED) is 0.656. The average molecular weight is 208 g/mol. The fourth-order valence-corrected chi connectivity index (χ4v) is 1.25. The van der Waals surface area contributed by atoms with Gasteiger partial charge in [0.2, 0.25) is 5.91 Å². The third-order valence-corrected chi connectivity index (χ3v) is 2.10. The molecule has 0 radical (unpaired) electrons. The molecule has 0 heterocycles. The van der Waals surface area contributed by atoms with Gasteiger partial charge in [-0.3, -0.25) is 4.79 Å². The van der Waals surface area contributed by atoms with Crippen molar-refractivity contribution in [2.75, 3.05) is 5.32 Å².